The Bertz CT molecular complexity index is 373. The summed E-state index contributed by atoms with van der Waals surface area (Å²) in [5.41, 5.74) is 0.134. The van der Waals surface area contributed by atoms with Crippen LogP contribution >= 0.6 is 0 Å². The van der Waals surface area contributed by atoms with Gasteiger partial charge in [-0.25, -0.2) is 0 Å². The van der Waals surface area contributed by atoms with Gasteiger partial charge in [-0.05, 0) is 37.5 Å². The molecule has 3 rings (SSSR count). The molecule has 1 saturated heterocycles. The number of carbonyl (C=O) groups is 1. The van der Waals surface area contributed by atoms with Crippen molar-refractivity contribution in [3.05, 3.63) is 0 Å². The van der Waals surface area contributed by atoms with E-state index in [1.165, 1.54) is 25.7 Å². The molecule has 2 aliphatic carbocycles. The molecule has 3 heteroatoms. The molecule has 0 bridgehead atoms. The molecule has 108 valence electrons. The molecule has 2 atom stereocenters. The molecule has 2 unspecified atom stereocenters. The summed E-state index contributed by atoms with van der Waals surface area (Å²) < 4.78 is 0. The first kappa shape index (κ1) is 13.4. The fraction of sp³-hybridized carbons (Fsp3) is 0.938. The van der Waals surface area contributed by atoms with Crippen LogP contribution in [0.1, 0.15) is 72.1 Å². The number of carbonyl (C=O) groups excluding carboxylic acids is 1. The third-order valence-electron chi connectivity index (χ3n) is 5.52. The molecule has 3 nitrogen and oxygen atoms in total. The minimum Gasteiger partial charge on any atom is -0.322 e. The standard InChI is InChI=1S/C16H28N2O/c1-4-7-13-17-16(10-11-16)14(19)18(13)12-8-5-6-9-15(12,2)3/h12-13,17H,4-11H2,1-3H3. The first-order valence-corrected chi connectivity index (χ1v) is 8.11. The maximum absolute atomic E-state index is 12.8. The van der Waals surface area contributed by atoms with Crippen LogP contribution in [0.25, 0.3) is 0 Å². The first-order chi connectivity index (χ1) is 9.00. The van der Waals surface area contributed by atoms with Gasteiger partial charge in [-0.1, -0.05) is 40.0 Å². The lowest BCUT2D eigenvalue weighted by molar-refractivity contribution is -0.137. The van der Waals surface area contributed by atoms with Crippen LogP contribution in [0.2, 0.25) is 0 Å². The van der Waals surface area contributed by atoms with Gasteiger partial charge in [0.15, 0.2) is 0 Å². The molecule has 3 fully saturated rings. The van der Waals surface area contributed by atoms with Crippen LogP contribution in [0, 0.1) is 5.41 Å². The predicted molar refractivity (Wildman–Crippen MR) is 76.7 cm³/mol. The Kier molecular flexibility index (Phi) is 3.16. The highest BCUT2D eigenvalue weighted by molar-refractivity contribution is 5.92. The molecule has 1 amide bonds. The topological polar surface area (TPSA) is 32.3 Å². The Morgan fingerprint density at radius 3 is 2.58 bits per heavy atom. The molecule has 2 saturated carbocycles. The second-order valence-electron chi connectivity index (χ2n) is 7.49. The van der Waals surface area contributed by atoms with Crippen LogP contribution in [0.4, 0.5) is 0 Å². The van der Waals surface area contributed by atoms with E-state index in [4.69, 9.17) is 0 Å². The maximum Gasteiger partial charge on any atom is 0.244 e. The van der Waals surface area contributed by atoms with E-state index >= 15 is 0 Å². The zero-order chi connectivity index (χ0) is 13.7. The Labute approximate surface area is 117 Å². The highest BCUT2D eigenvalue weighted by Gasteiger charge is 2.61. The van der Waals surface area contributed by atoms with E-state index in [9.17, 15) is 4.79 Å². The van der Waals surface area contributed by atoms with E-state index in [2.05, 4.69) is 31.0 Å². The third kappa shape index (κ3) is 2.10. The number of hydrogen-bond donors (Lipinski definition) is 1. The highest BCUT2D eigenvalue weighted by atomic mass is 16.2. The average molecular weight is 264 g/mol. The van der Waals surface area contributed by atoms with Gasteiger partial charge in [-0.15, -0.1) is 0 Å². The van der Waals surface area contributed by atoms with Gasteiger partial charge in [-0.2, -0.15) is 0 Å². The minimum atomic E-state index is -0.145. The lowest BCUT2D eigenvalue weighted by atomic mass is 9.72. The van der Waals surface area contributed by atoms with Crippen LogP contribution in [-0.2, 0) is 4.79 Å². The Balaban J connectivity index is 1.85. The summed E-state index contributed by atoms with van der Waals surface area (Å²) in [6.07, 6.45) is 9.69. The fourth-order valence-electron chi connectivity index (χ4n) is 4.16. The molecular formula is C16H28N2O. The smallest absolute Gasteiger partial charge is 0.244 e. The predicted octanol–water partition coefficient (Wildman–Crippen LogP) is 3.05. The summed E-state index contributed by atoms with van der Waals surface area (Å²) in [7, 11) is 0. The van der Waals surface area contributed by atoms with Gasteiger partial charge in [0.2, 0.25) is 5.91 Å². The zero-order valence-corrected chi connectivity index (χ0v) is 12.7. The highest BCUT2D eigenvalue weighted by Crippen LogP contribution is 2.48. The number of hydrogen-bond acceptors (Lipinski definition) is 2. The molecule has 3 aliphatic rings. The normalized spacial score (nSPS) is 35.9. The van der Waals surface area contributed by atoms with Crippen molar-refractivity contribution in [2.45, 2.75) is 89.9 Å². The van der Waals surface area contributed by atoms with Gasteiger partial charge >= 0.3 is 0 Å². The molecule has 0 aromatic rings. The van der Waals surface area contributed by atoms with Crippen molar-refractivity contribution >= 4 is 5.91 Å². The van der Waals surface area contributed by atoms with Gasteiger partial charge < -0.3 is 4.90 Å². The van der Waals surface area contributed by atoms with Crippen LogP contribution in [0.15, 0.2) is 0 Å². The van der Waals surface area contributed by atoms with E-state index < -0.39 is 0 Å². The molecule has 1 spiro atoms. The Morgan fingerprint density at radius 1 is 1.26 bits per heavy atom. The van der Waals surface area contributed by atoms with Crippen molar-refractivity contribution in [3.8, 4) is 0 Å². The van der Waals surface area contributed by atoms with Gasteiger partial charge in [0.1, 0.15) is 0 Å². The molecule has 1 aliphatic heterocycles. The van der Waals surface area contributed by atoms with E-state index in [0.29, 0.717) is 18.1 Å². The lowest BCUT2D eigenvalue weighted by Crippen LogP contribution is -2.52. The Morgan fingerprint density at radius 2 is 2.00 bits per heavy atom. The Hall–Kier alpha value is -0.570. The summed E-state index contributed by atoms with van der Waals surface area (Å²) in [5, 5.41) is 3.65. The van der Waals surface area contributed by atoms with Crippen molar-refractivity contribution in [2.24, 2.45) is 5.41 Å². The summed E-state index contributed by atoms with van der Waals surface area (Å²) >= 11 is 0. The van der Waals surface area contributed by atoms with E-state index in [0.717, 1.165) is 25.7 Å². The first-order valence-electron chi connectivity index (χ1n) is 8.11. The largest absolute Gasteiger partial charge is 0.322 e. The quantitative estimate of drug-likeness (QED) is 0.849. The fourth-order valence-corrected chi connectivity index (χ4v) is 4.16. The van der Waals surface area contributed by atoms with Crippen LogP contribution in [-0.4, -0.2) is 28.6 Å². The number of nitrogens with one attached hydrogen (secondary N) is 1. The van der Waals surface area contributed by atoms with E-state index in [1.54, 1.807) is 0 Å². The summed E-state index contributed by atoms with van der Waals surface area (Å²) in [6.45, 7) is 6.92. The number of amides is 1. The second-order valence-corrected chi connectivity index (χ2v) is 7.49. The summed E-state index contributed by atoms with van der Waals surface area (Å²) in [5.74, 6) is 0.408. The van der Waals surface area contributed by atoms with Gasteiger partial charge in [0, 0.05) is 6.04 Å². The molecule has 1 N–H and O–H groups in total. The lowest BCUT2D eigenvalue weighted by Gasteiger charge is -2.45. The van der Waals surface area contributed by atoms with Crippen molar-refractivity contribution in [1.29, 1.82) is 0 Å². The molecule has 0 aromatic carbocycles. The molecule has 1 heterocycles. The molecule has 0 radical (unpaired) electrons. The molecular weight excluding hydrogens is 236 g/mol. The maximum atomic E-state index is 12.8. The van der Waals surface area contributed by atoms with Crippen LogP contribution < -0.4 is 5.32 Å². The molecule has 0 aromatic heterocycles. The third-order valence-corrected chi connectivity index (χ3v) is 5.52. The second kappa shape index (κ2) is 4.47. The summed E-state index contributed by atoms with van der Waals surface area (Å²) in [4.78, 5) is 15.1. The minimum absolute atomic E-state index is 0.145. The van der Waals surface area contributed by atoms with Gasteiger partial charge in [0.25, 0.3) is 0 Å². The van der Waals surface area contributed by atoms with Crippen molar-refractivity contribution in [3.63, 3.8) is 0 Å². The SMILES string of the molecule is CCCC1NC2(CC2)C(=O)N1C1CCCCC1(C)C. The average Bonchev–Trinajstić information content (AvgIpc) is 3.07. The number of rotatable bonds is 3. The van der Waals surface area contributed by atoms with E-state index in [-0.39, 0.29) is 11.0 Å². The van der Waals surface area contributed by atoms with Gasteiger partial charge in [-0.3, -0.25) is 10.1 Å². The zero-order valence-electron chi connectivity index (χ0n) is 12.7. The van der Waals surface area contributed by atoms with Crippen molar-refractivity contribution in [2.75, 3.05) is 0 Å². The van der Waals surface area contributed by atoms with Gasteiger partial charge in [0.05, 0.1) is 11.7 Å². The van der Waals surface area contributed by atoms with Crippen LogP contribution in [0.5, 0.6) is 0 Å². The van der Waals surface area contributed by atoms with E-state index in [1.807, 2.05) is 0 Å². The number of nitrogens with zero attached hydrogens (tertiary/aromatic N) is 1. The molecule has 19 heavy (non-hydrogen) atoms. The monoisotopic (exact) mass is 264 g/mol. The van der Waals surface area contributed by atoms with Crippen LogP contribution in [0.3, 0.4) is 0 Å². The van der Waals surface area contributed by atoms with Crippen molar-refractivity contribution in [1.82, 2.24) is 10.2 Å². The van der Waals surface area contributed by atoms with Crippen molar-refractivity contribution < 1.29 is 4.79 Å². The summed E-state index contributed by atoms with van der Waals surface area (Å²) in [6, 6.07) is 0.442.